The quantitative estimate of drug-likeness (QED) is 0.763. The minimum Gasteiger partial charge on any atom is -0.338 e. The second kappa shape index (κ2) is 7.90. The first-order valence-electron chi connectivity index (χ1n) is 9.36. The number of anilines is 2. The Balaban J connectivity index is 1.56. The normalized spacial score (nSPS) is 23.8. The molecule has 9 heteroatoms. The third-order valence-corrected chi connectivity index (χ3v) is 6.87. The van der Waals surface area contributed by atoms with E-state index in [1.165, 1.54) is 0 Å². The largest absolute Gasteiger partial charge is 0.338 e. The Morgan fingerprint density at radius 3 is 2.25 bits per heavy atom. The number of likely N-dealkylation sites (tertiary alicyclic amines) is 1. The third kappa shape index (κ3) is 4.70. The predicted molar refractivity (Wildman–Crippen MR) is 105 cm³/mol. The highest BCUT2D eigenvalue weighted by Gasteiger charge is 2.41. The van der Waals surface area contributed by atoms with E-state index in [-0.39, 0.29) is 54.2 Å². The average Bonchev–Trinajstić information content (AvgIpc) is 3.18. The van der Waals surface area contributed by atoms with Gasteiger partial charge in [-0.05, 0) is 30.7 Å². The van der Waals surface area contributed by atoms with Gasteiger partial charge in [0.05, 0.1) is 17.4 Å². The van der Waals surface area contributed by atoms with Gasteiger partial charge in [-0.15, -0.1) is 0 Å². The van der Waals surface area contributed by atoms with Crippen molar-refractivity contribution in [3.63, 3.8) is 0 Å². The molecule has 2 aliphatic heterocycles. The van der Waals surface area contributed by atoms with Crippen LogP contribution in [0.3, 0.4) is 0 Å². The summed E-state index contributed by atoms with van der Waals surface area (Å²) in [6.45, 7) is 3.85. The zero-order valence-electron chi connectivity index (χ0n) is 16.0. The minimum atomic E-state index is -3.09. The van der Waals surface area contributed by atoms with Crippen LogP contribution >= 0.6 is 0 Å². The molecule has 2 atom stereocenters. The third-order valence-electron chi connectivity index (χ3n) is 5.12. The maximum atomic E-state index is 12.5. The van der Waals surface area contributed by atoms with E-state index in [1.54, 1.807) is 43.0 Å². The van der Waals surface area contributed by atoms with Crippen molar-refractivity contribution in [3.8, 4) is 0 Å². The van der Waals surface area contributed by atoms with Gasteiger partial charge < -0.3 is 15.5 Å². The molecule has 1 aromatic carbocycles. The molecule has 28 heavy (non-hydrogen) atoms. The van der Waals surface area contributed by atoms with Gasteiger partial charge in [0.2, 0.25) is 17.7 Å². The lowest BCUT2D eigenvalue weighted by molar-refractivity contribution is -0.129. The monoisotopic (exact) mass is 407 g/mol. The second-order valence-corrected chi connectivity index (χ2v) is 9.94. The summed E-state index contributed by atoms with van der Waals surface area (Å²) in [6.07, 6.45) is 0.525. The molecule has 3 amide bonds. The number of carbonyl (C=O) groups is 3. The first kappa shape index (κ1) is 20.3. The van der Waals surface area contributed by atoms with Crippen LogP contribution in [0.1, 0.15) is 26.7 Å². The molecule has 1 aromatic rings. The molecule has 0 radical (unpaired) electrons. The van der Waals surface area contributed by atoms with E-state index in [4.69, 9.17) is 0 Å². The number of nitrogens with one attached hydrogen (secondary N) is 2. The number of hydrogen-bond donors (Lipinski definition) is 2. The molecule has 2 heterocycles. The van der Waals surface area contributed by atoms with Crippen LogP contribution in [0.4, 0.5) is 11.4 Å². The van der Waals surface area contributed by atoms with Crippen LogP contribution in [-0.4, -0.2) is 55.1 Å². The van der Waals surface area contributed by atoms with E-state index in [0.29, 0.717) is 17.8 Å². The highest BCUT2D eigenvalue weighted by atomic mass is 32.2. The highest BCUT2D eigenvalue weighted by Crippen LogP contribution is 2.27. The summed E-state index contributed by atoms with van der Waals surface area (Å²) in [5, 5.41) is 5.56. The molecule has 3 rings (SSSR count). The van der Waals surface area contributed by atoms with Gasteiger partial charge in [0.25, 0.3) is 0 Å². The van der Waals surface area contributed by atoms with Crippen LogP contribution in [0.25, 0.3) is 0 Å². The molecule has 0 aromatic heterocycles. The first-order chi connectivity index (χ1) is 13.1. The van der Waals surface area contributed by atoms with E-state index in [0.717, 1.165) is 0 Å². The molecular weight excluding hydrogens is 382 g/mol. The second-order valence-electron chi connectivity index (χ2n) is 7.71. The van der Waals surface area contributed by atoms with Gasteiger partial charge in [-0.25, -0.2) is 8.42 Å². The molecule has 2 saturated heterocycles. The number of nitrogens with zero attached hydrogens (tertiary/aromatic N) is 1. The van der Waals surface area contributed by atoms with E-state index in [2.05, 4.69) is 10.6 Å². The topological polar surface area (TPSA) is 113 Å². The Labute approximate surface area is 164 Å². The first-order valence-corrected chi connectivity index (χ1v) is 11.2. The van der Waals surface area contributed by atoms with E-state index < -0.39 is 15.8 Å². The van der Waals surface area contributed by atoms with Gasteiger partial charge in [-0.2, -0.15) is 0 Å². The van der Waals surface area contributed by atoms with Crippen molar-refractivity contribution in [2.24, 2.45) is 11.8 Å². The summed E-state index contributed by atoms with van der Waals surface area (Å²) >= 11 is 0. The van der Waals surface area contributed by atoms with Crippen molar-refractivity contribution in [2.45, 2.75) is 32.7 Å². The van der Waals surface area contributed by atoms with Crippen molar-refractivity contribution >= 4 is 38.9 Å². The fraction of sp³-hybridized carbons (Fsp3) is 0.526. The molecule has 0 aliphatic carbocycles. The van der Waals surface area contributed by atoms with E-state index in [9.17, 15) is 22.8 Å². The van der Waals surface area contributed by atoms with Crippen molar-refractivity contribution in [1.82, 2.24) is 4.90 Å². The molecule has 2 N–H and O–H groups in total. The summed E-state index contributed by atoms with van der Waals surface area (Å²) in [7, 11) is -3.09. The highest BCUT2D eigenvalue weighted by molar-refractivity contribution is 7.91. The van der Waals surface area contributed by atoms with Crippen LogP contribution in [0, 0.1) is 11.8 Å². The summed E-state index contributed by atoms with van der Waals surface area (Å²) in [5.74, 6) is -1.08. The van der Waals surface area contributed by atoms with E-state index in [1.807, 2.05) is 0 Å². The Kier molecular flexibility index (Phi) is 5.74. The summed E-state index contributed by atoms with van der Waals surface area (Å²) in [5.41, 5.74) is 1.21. The Hall–Kier alpha value is -2.42. The van der Waals surface area contributed by atoms with Gasteiger partial charge in [0.1, 0.15) is 0 Å². The molecule has 2 aliphatic rings. The summed E-state index contributed by atoms with van der Waals surface area (Å²) in [4.78, 5) is 38.0. The van der Waals surface area contributed by atoms with Crippen molar-refractivity contribution in [1.29, 1.82) is 0 Å². The minimum absolute atomic E-state index is 0.0172. The van der Waals surface area contributed by atoms with Crippen LogP contribution in [0.2, 0.25) is 0 Å². The number of sulfone groups is 1. The smallest absolute Gasteiger partial charge is 0.229 e. The number of rotatable bonds is 5. The lowest BCUT2D eigenvalue weighted by Gasteiger charge is -2.22. The van der Waals surface area contributed by atoms with Gasteiger partial charge in [-0.3, -0.25) is 14.4 Å². The Morgan fingerprint density at radius 1 is 1.11 bits per heavy atom. The van der Waals surface area contributed by atoms with Gasteiger partial charge in [0.15, 0.2) is 9.84 Å². The maximum Gasteiger partial charge on any atom is 0.229 e. The van der Waals surface area contributed by atoms with Crippen molar-refractivity contribution in [3.05, 3.63) is 24.3 Å². The number of carbonyl (C=O) groups excluding carboxylic acids is 3. The van der Waals surface area contributed by atoms with Gasteiger partial charge in [-0.1, -0.05) is 13.8 Å². The molecule has 0 spiro atoms. The van der Waals surface area contributed by atoms with Gasteiger partial charge >= 0.3 is 0 Å². The zero-order valence-corrected chi connectivity index (χ0v) is 16.8. The molecule has 2 fully saturated rings. The predicted octanol–water partition coefficient (Wildman–Crippen LogP) is 1.26. The van der Waals surface area contributed by atoms with E-state index >= 15 is 0 Å². The van der Waals surface area contributed by atoms with Crippen LogP contribution in [0.15, 0.2) is 24.3 Å². The lowest BCUT2D eigenvalue weighted by Crippen LogP contribution is -2.38. The summed E-state index contributed by atoms with van der Waals surface area (Å²) in [6, 6.07) is 6.45. The van der Waals surface area contributed by atoms with Crippen molar-refractivity contribution < 1.29 is 22.8 Å². The van der Waals surface area contributed by atoms with Crippen LogP contribution in [0.5, 0.6) is 0 Å². The summed E-state index contributed by atoms with van der Waals surface area (Å²) < 4.78 is 23.3. The fourth-order valence-electron chi connectivity index (χ4n) is 3.45. The molecule has 0 unspecified atom stereocenters. The van der Waals surface area contributed by atoms with Crippen LogP contribution < -0.4 is 10.6 Å². The molecular formula is C19H25N3O5S. The number of hydrogen-bond acceptors (Lipinski definition) is 5. The Bertz CT molecular complexity index is 879. The zero-order chi connectivity index (χ0) is 20.5. The maximum absolute atomic E-state index is 12.5. The average molecular weight is 407 g/mol. The fourth-order valence-corrected chi connectivity index (χ4v) is 5.18. The standard InChI is InChI=1S/C19H25N3O5S/c1-12(2)18(24)20-14-3-5-15(6-4-14)21-19(25)13-9-17(23)22(10-13)16-7-8-28(26,27)11-16/h3-6,12-13,16H,7-11H2,1-2H3,(H,20,24)(H,21,25)/t13-,16-/m0/s1. The lowest BCUT2D eigenvalue weighted by atomic mass is 10.1. The molecule has 0 saturated carbocycles. The molecule has 8 nitrogen and oxygen atoms in total. The number of amides is 3. The molecule has 0 bridgehead atoms. The number of benzene rings is 1. The van der Waals surface area contributed by atoms with Crippen LogP contribution in [-0.2, 0) is 24.2 Å². The Morgan fingerprint density at radius 2 is 1.71 bits per heavy atom. The van der Waals surface area contributed by atoms with Gasteiger partial charge in [0, 0.05) is 36.3 Å². The SMILES string of the molecule is CC(C)C(=O)Nc1ccc(NC(=O)[C@H]2CC(=O)N([C@H]3CCS(=O)(=O)C3)C2)cc1. The van der Waals surface area contributed by atoms with Crippen molar-refractivity contribution in [2.75, 3.05) is 28.7 Å². The molecule has 152 valence electrons.